The van der Waals surface area contributed by atoms with Gasteiger partial charge in [-0.2, -0.15) is 0 Å². The highest BCUT2D eigenvalue weighted by Gasteiger charge is 2.36. The van der Waals surface area contributed by atoms with Gasteiger partial charge in [-0.3, -0.25) is 0 Å². The van der Waals surface area contributed by atoms with Crippen LogP contribution in [0.15, 0.2) is 0 Å². The fraction of sp³-hybridized carbons (Fsp3) is 1.00. The smallest absolute Gasteiger partial charge is 0.248 e. The van der Waals surface area contributed by atoms with E-state index < -0.39 is 5.92 Å². The van der Waals surface area contributed by atoms with Crippen molar-refractivity contribution >= 4 is 12.4 Å². The third-order valence-electron chi connectivity index (χ3n) is 2.58. The molecule has 0 amide bonds. The third kappa shape index (κ3) is 3.75. The molecule has 0 saturated heterocycles. The van der Waals surface area contributed by atoms with E-state index in [2.05, 4.69) is 0 Å². The van der Waals surface area contributed by atoms with Gasteiger partial charge in [0, 0.05) is 18.9 Å². The van der Waals surface area contributed by atoms with E-state index in [1.807, 2.05) is 0 Å². The quantitative estimate of drug-likeness (QED) is 0.734. The summed E-state index contributed by atoms with van der Waals surface area (Å²) in [5.74, 6) is -2.42. The number of halogens is 3. The molecule has 0 radical (unpaired) electrons. The van der Waals surface area contributed by atoms with Crippen molar-refractivity contribution in [2.75, 3.05) is 6.61 Å². The zero-order valence-electron chi connectivity index (χ0n) is 7.38. The lowest BCUT2D eigenvalue weighted by atomic mass is 9.83. The van der Waals surface area contributed by atoms with Crippen molar-refractivity contribution in [1.29, 1.82) is 0 Å². The second-order valence-electron chi connectivity index (χ2n) is 3.54. The van der Waals surface area contributed by atoms with Crippen molar-refractivity contribution < 1.29 is 13.9 Å². The molecule has 0 heterocycles. The summed E-state index contributed by atoms with van der Waals surface area (Å²) in [5, 5.41) is 8.70. The van der Waals surface area contributed by atoms with Crippen LogP contribution >= 0.6 is 12.4 Å². The van der Waals surface area contributed by atoms with Gasteiger partial charge in [-0.25, -0.2) is 8.78 Å². The van der Waals surface area contributed by atoms with Gasteiger partial charge in [-0.15, -0.1) is 12.4 Å². The molecule has 0 aromatic carbocycles. The summed E-state index contributed by atoms with van der Waals surface area (Å²) >= 11 is 0. The molecule has 13 heavy (non-hydrogen) atoms. The molecule has 5 heteroatoms. The Morgan fingerprint density at radius 1 is 1.38 bits per heavy atom. The van der Waals surface area contributed by atoms with E-state index in [1.165, 1.54) is 0 Å². The second-order valence-corrected chi connectivity index (χ2v) is 3.54. The topological polar surface area (TPSA) is 46.2 Å². The van der Waals surface area contributed by atoms with E-state index >= 15 is 0 Å². The van der Waals surface area contributed by atoms with Crippen molar-refractivity contribution in [2.24, 2.45) is 11.7 Å². The molecule has 1 atom stereocenters. The van der Waals surface area contributed by atoms with Crippen molar-refractivity contribution in [2.45, 2.75) is 37.6 Å². The summed E-state index contributed by atoms with van der Waals surface area (Å²) in [6.45, 7) is -0.101. The highest BCUT2D eigenvalue weighted by molar-refractivity contribution is 5.85. The van der Waals surface area contributed by atoms with Gasteiger partial charge in [0.05, 0.1) is 6.61 Å². The molecule has 0 spiro atoms. The molecule has 0 aliphatic heterocycles. The van der Waals surface area contributed by atoms with Crippen molar-refractivity contribution in [1.82, 2.24) is 0 Å². The van der Waals surface area contributed by atoms with Gasteiger partial charge in [-0.1, -0.05) is 0 Å². The summed E-state index contributed by atoms with van der Waals surface area (Å²) in [7, 11) is 0. The number of rotatable bonds is 2. The minimum Gasteiger partial charge on any atom is -0.395 e. The third-order valence-corrected chi connectivity index (χ3v) is 2.58. The van der Waals surface area contributed by atoms with E-state index in [1.54, 1.807) is 0 Å². The predicted molar refractivity (Wildman–Crippen MR) is 49.2 cm³/mol. The normalized spacial score (nSPS) is 24.9. The van der Waals surface area contributed by atoms with Crippen LogP contribution in [0.1, 0.15) is 25.7 Å². The molecule has 1 aliphatic rings. The number of aliphatic hydroxyl groups excluding tert-OH is 1. The predicted octanol–water partition coefficient (Wildman–Crippen LogP) is 1.55. The summed E-state index contributed by atoms with van der Waals surface area (Å²) < 4.78 is 25.3. The maximum atomic E-state index is 12.6. The van der Waals surface area contributed by atoms with Crippen molar-refractivity contribution in [3.8, 4) is 0 Å². The first-order chi connectivity index (χ1) is 5.55. The highest BCUT2D eigenvalue weighted by Crippen LogP contribution is 2.36. The molecule has 0 aromatic heterocycles. The average Bonchev–Trinajstić information content (AvgIpc) is 2.03. The van der Waals surface area contributed by atoms with Crippen LogP contribution in [0.5, 0.6) is 0 Å². The van der Waals surface area contributed by atoms with E-state index in [0.717, 1.165) is 0 Å². The molecular weight excluding hydrogens is 200 g/mol. The molecule has 3 N–H and O–H groups in total. The van der Waals surface area contributed by atoms with Crippen LogP contribution in [0.2, 0.25) is 0 Å². The molecule has 0 unspecified atom stereocenters. The van der Waals surface area contributed by atoms with E-state index in [4.69, 9.17) is 10.8 Å². The molecule has 1 saturated carbocycles. The first-order valence-electron chi connectivity index (χ1n) is 4.29. The standard InChI is InChI=1S/C8H15F2NO.ClH/c9-8(10)3-1-6(2-4-8)7(11)5-12;/h6-7,12H,1-5,11H2;1H/t7-;/m1./s1. The van der Waals surface area contributed by atoms with Crippen LogP contribution in [0.25, 0.3) is 0 Å². The molecule has 1 aliphatic carbocycles. The van der Waals surface area contributed by atoms with Crippen LogP contribution in [0, 0.1) is 5.92 Å². The summed E-state index contributed by atoms with van der Waals surface area (Å²) in [6.07, 6.45) is 0.722. The lowest BCUT2D eigenvalue weighted by Crippen LogP contribution is -2.38. The van der Waals surface area contributed by atoms with Gasteiger partial charge >= 0.3 is 0 Å². The number of aliphatic hydroxyl groups is 1. The van der Waals surface area contributed by atoms with Gasteiger partial charge in [0.25, 0.3) is 0 Å². The van der Waals surface area contributed by atoms with Crippen LogP contribution in [-0.2, 0) is 0 Å². The Morgan fingerprint density at radius 3 is 2.23 bits per heavy atom. The molecule has 0 bridgehead atoms. The van der Waals surface area contributed by atoms with Crippen molar-refractivity contribution in [3.05, 3.63) is 0 Å². The zero-order chi connectivity index (χ0) is 9.19. The van der Waals surface area contributed by atoms with Crippen LogP contribution < -0.4 is 5.73 Å². The Balaban J connectivity index is 0.00000144. The largest absolute Gasteiger partial charge is 0.395 e. The second kappa shape index (κ2) is 5.08. The SMILES string of the molecule is Cl.N[C@H](CO)C1CCC(F)(F)CC1. The Bertz CT molecular complexity index is 147. The lowest BCUT2D eigenvalue weighted by molar-refractivity contribution is -0.0499. The number of alkyl halides is 2. The minimum absolute atomic E-state index is 0. The number of hydrogen-bond donors (Lipinski definition) is 2. The van der Waals surface area contributed by atoms with Gasteiger partial charge in [0.1, 0.15) is 0 Å². The van der Waals surface area contributed by atoms with E-state index in [0.29, 0.717) is 12.8 Å². The summed E-state index contributed by atoms with van der Waals surface area (Å²) in [5.41, 5.74) is 5.54. The number of nitrogens with two attached hydrogens (primary N) is 1. The Labute approximate surface area is 82.9 Å². The molecule has 1 fully saturated rings. The van der Waals surface area contributed by atoms with Gasteiger partial charge in [-0.05, 0) is 18.8 Å². The van der Waals surface area contributed by atoms with Crippen LogP contribution in [-0.4, -0.2) is 23.7 Å². The van der Waals surface area contributed by atoms with Gasteiger partial charge in [0.15, 0.2) is 0 Å². The maximum Gasteiger partial charge on any atom is 0.248 e. The fourth-order valence-electron chi connectivity index (χ4n) is 1.64. The Morgan fingerprint density at radius 2 is 1.85 bits per heavy atom. The maximum absolute atomic E-state index is 12.6. The molecule has 80 valence electrons. The van der Waals surface area contributed by atoms with Gasteiger partial charge < -0.3 is 10.8 Å². The minimum atomic E-state index is -2.49. The molecular formula is C8H16ClF2NO. The molecule has 2 nitrogen and oxygen atoms in total. The fourth-order valence-corrected chi connectivity index (χ4v) is 1.64. The van der Waals surface area contributed by atoms with E-state index in [-0.39, 0.29) is 43.8 Å². The van der Waals surface area contributed by atoms with Gasteiger partial charge in [0.2, 0.25) is 5.92 Å². The average molecular weight is 216 g/mol. The van der Waals surface area contributed by atoms with Crippen LogP contribution in [0.3, 0.4) is 0 Å². The highest BCUT2D eigenvalue weighted by atomic mass is 35.5. The van der Waals surface area contributed by atoms with Crippen LogP contribution in [0.4, 0.5) is 8.78 Å². The number of hydrogen-bond acceptors (Lipinski definition) is 2. The van der Waals surface area contributed by atoms with E-state index in [9.17, 15) is 8.78 Å². The Kier molecular flexibility index (Phi) is 5.10. The van der Waals surface area contributed by atoms with Crippen molar-refractivity contribution in [3.63, 3.8) is 0 Å². The first kappa shape index (κ1) is 13.1. The zero-order valence-corrected chi connectivity index (χ0v) is 8.20. The summed E-state index contributed by atoms with van der Waals surface area (Å²) in [4.78, 5) is 0. The molecule has 1 rings (SSSR count). The molecule has 0 aromatic rings. The first-order valence-corrected chi connectivity index (χ1v) is 4.29. The summed E-state index contributed by atoms with van der Waals surface area (Å²) in [6, 6.07) is -0.318. The lowest BCUT2D eigenvalue weighted by Gasteiger charge is -2.30. The Hall–Kier alpha value is 0.0700. The monoisotopic (exact) mass is 215 g/mol.